The van der Waals surface area contributed by atoms with Crippen LogP contribution in [-0.4, -0.2) is 36.7 Å². The van der Waals surface area contributed by atoms with E-state index >= 15 is 0 Å². The summed E-state index contributed by atoms with van der Waals surface area (Å²) in [6, 6.07) is 0. The fraction of sp³-hybridized carbons (Fsp3) is 1.00. The normalized spacial score (nSPS) is 23.2. The molecule has 0 radical (unpaired) electrons. The summed E-state index contributed by atoms with van der Waals surface area (Å²) in [6.07, 6.45) is 1.27. The summed E-state index contributed by atoms with van der Waals surface area (Å²) < 4.78 is 0. The summed E-state index contributed by atoms with van der Waals surface area (Å²) in [5, 5.41) is 4.63. The Morgan fingerprint density at radius 3 is 2.25 bits per heavy atom. The molecule has 8 heavy (non-hydrogen) atoms. The van der Waals surface area contributed by atoms with Crippen molar-refractivity contribution in [3.05, 3.63) is 0 Å². The topological polar surface area (TPSA) is 6.48 Å². The molecule has 0 unspecified atom stereocenters. The minimum absolute atomic E-state index is 1.23. The van der Waals surface area contributed by atoms with Crippen LogP contribution in [0.4, 0.5) is 0 Å². The van der Waals surface area contributed by atoms with Gasteiger partial charge in [-0.15, -0.1) is 0 Å². The number of nitrogens with zero attached hydrogens (tertiary/aromatic N) is 2. The lowest BCUT2D eigenvalue weighted by molar-refractivity contribution is -0.0882. The van der Waals surface area contributed by atoms with Gasteiger partial charge in [0.1, 0.15) is 0 Å². The molecular formula is C6H14N2. The third kappa shape index (κ3) is 1.01. The highest BCUT2D eigenvalue weighted by molar-refractivity contribution is 4.64. The predicted octanol–water partition coefficient (Wildman–Crippen LogP) is 0.559. The van der Waals surface area contributed by atoms with Crippen LogP contribution in [-0.2, 0) is 0 Å². The van der Waals surface area contributed by atoms with Crippen LogP contribution in [0.2, 0.25) is 0 Å². The maximum absolute atomic E-state index is 2.36. The first-order chi connectivity index (χ1) is 3.84. The van der Waals surface area contributed by atoms with Crippen LogP contribution >= 0.6 is 0 Å². The van der Waals surface area contributed by atoms with Gasteiger partial charge in [0.25, 0.3) is 0 Å². The van der Waals surface area contributed by atoms with Gasteiger partial charge < -0.3 is 0 Å². The molecule has 1 aliphatic heterocycles. The molecular weight excluding hydrogens is 100 g/mol. The predicted molar refractivity (Wildman–Crippen MR) is 34.5 cm³/mol. The molecule has 2 nitrogen and oxygen atoms in total. The van der Waals surface area contributed by atoms with Gasteiger partial charge >= 0.3 is 0 Å². The van der Waals surface area contributed by atoms with Gasteiger partial charge in [-0.2, -0.15) is 0 Å². The molecule has 0 aromatic heterocycles. The zero-order valence-electron chi connectivity index (χ0n) is 5.72. The highest BCUT2D eigenvalue weighted by atomic mass is 15.7. The van der Waals surface area contributed by atoms with Crippen LogP contribution in [0.3, 0.4) is 0 Å². The molecule has 0 aliphatic carbocycles. The molecule has 0 aromatic rings. The van der Waals surface area contributed by atoms with Gasteiger partial charge in [-0.1, -0.05) is 6.92 Å². The van der Waals surface area contributed by atoms with Crippen molar-refractivity contribution in [1.82, 2.24) is 10.0 Å². The number of hydrogen-bond acceptors (Lipinski definition) is 2. The quantitative estimate of drug-likeness (QED) is 0.517. The first-order valence-corrected chi connectivity index (χ1v) is 3.30. The number of hydrazine groups is 1. The zero-order chi connectivity index (χ0) is 5.98. The Labute approximate surface area is 51.0 Å². The minimum atomic E-state index is 1.23. The van der Waals surface area contributed by atoms with Gasteiger partial charge in [-0.05, 0) is 6.42 Å². The van der Waals surface area contributed by atoms with Crippen molar-refractivity contribution in [2.24, 2.45) is 0 Å². The van der Waals surface area contributed by atoms with Crippen LogP contribution < -0.4 is 0 Å². The van der Waals surface area contributed by atoms with Crippen molar-refractivity contribution in [2.75, 3.05) is 26.7 Å². The van der Waals surface area contributed by atoms with E-state index in [1.807, 2.05) is 0 Å². The van der Waals surface area contributed by atoms with Gasteiger partial charge in [0.2, 0.25) is 0 Å². The Bertz CT molecular complexity index is 72.9. The lowest BCUT2D eigenvalue weighted by atomic mass is 10.4. The summed E-state index contributed by atoms with van der Waals surface area (Å²) in [5.41, 5.74) is 0. The summed E-state index contributed by atoms with van der Waals surface area (Å²) >= 11 is 0. The Balaban J connectivity index is 2.08. The van der Waals surface area contributed by atoms with E-state index in [4.69, 9.17) is 0 Å². The molecule has 1 aliphatic rings. The number of likely N-dealkylation sites (N-methyl/N-ethyl adjacent to an activating group) is 1. The smallest absolute Gasteiger partial charge is 0.0275 e. The Morgan fingerprint density at radius 1 is 1.38 bits per heavy atom. The molecule has 48 valence electrons. The molecule has 0 spiro atoms. The Hall–Kier alpha value is -0.0800. The van der Waals surface area contributed by atoms with E-state index < -0.39 is 0 Å². The van der Waals surface area contributed by atoms with Gasteiger partial charge in [0.15, 0.2) is 0 Å². The van der Waals surface area contributed by atoms with E-state index in [1.165, 1.54) is 26.1 Å². The molecule has 0 saturated carbocycles. The number of hydrogen-bond donors (Lipinski definition) is 0. The van der Waals surface area contributed by atoms with E-state index in [0.29, 0.717) is 0 Å². The van der Waals surface area contributed by atoms with Crippen molar-refractivity contribution in [3.8, 4) is 0 Å². The molecule has 0 bridgehead atoms. The molecule has 0 amide bonds. The third-order valence-electron chi connectivity index (χ3n) is 1.65. The fourth-order valence-corrected chi connectivity index (χ4v) is 0.982. The van der Waals surface area contributed by atoms with E-state index in [9.17, 15) is 0 Å². The van der Waals surface area contributed by atoms with Crippen LogP contribution in [0, 0.1) is 0 Å². The summed E-state index contributed by atoms with van der Waals surface area (Å²) in [5.74, 6) is 0. The second kappa shape index (κ2) is 2.46. The molecule has 2 heteroatoms. The van der Waals surface area contributed by atoms with Crippen LogP contribution in [0.15, 0.2) is 0 Å². The summed E-state index contributed by atoms with van der Waals surface area (Å²) in [7, 11) is 2.14. The highest BCUT2D eigenvalue weighted by Gasteiger charge is 2.18. The van der Waals surface area contributed by atoms with Crippen molar-refractivity contribution in [2.45, 2.75) is 13.3 Å². The Morgan fingerprint density at radius 2 is 2.12 bits per heavy atom. The monoisotopic (exact) mass is 114 g/mol. The second-order valence-corrected chi connectivity index (χ2v) is 2.33. The lowest BCUT2D eigenvalue weighted by Gasteiger charge is -2.41. The van der Waals surface area contributed by atoms with Crippen LogP contribution in [0.25, 0.3) is 0 Å². The fourth-order valence-electron chi connectivity index (χ4n) is 0.982. The van der Waals surface area contributed by atoms with E-state index in [-0.39, 0.29) is 0 Å². The average molecular weight is 114 g/mol. The highest BCUT2D eigenvalue weighted by Crippen LogP contribution is 2.05. The van der Waals surface area contributed by atoms with Crippen LogP contribution in [0.5, 0.6) is 0 Å². The lowest BCUT2D eigenvalue weighted by Crippen LogP contribution is -2.54. The standard InChI is InChI=1S/C6H14N2/c1-3-4-8-6-5-7(8)2/h3-6H2,1-2H3. The van der Waals surface area contributed by atoms with E-state index in [0.717, 1.165) is 0 Å². The van der Waals surface area contributed by atoms with Crippen molar-refractivity contribution in [1.29, 1.82) is 0 Å². The van der Waals surface area contributed by atoms with Gasteiger partial charge in [-0.25, -0.2) is 10.0 Å². The molecule has 1 heterocycles. The average Bonchev–Trinajstić information content (AvgIpc) is 1.79. The van der Waals surface area contributed by atoms with Crippen molar-refractivity contribution in [3.63, 3.8) is 0 Å². The molecule has 1 saturated heterocycles. The van der Waals surface area contributed by atoms with Gasteiger partial charge in [-0.3, -0.25) is 0 Å². The SMILES string of the molecule is CCCN1CCN1C. The molecule has 0 N–H and O–H groups in total. The zero-order valence-corrected chi connectivity index (χ0v) is 5.72. The maximum atomic E-state index is 2.36. The molecule has 0 atom stereocenters. The van der Waals surface area contributed by atoms with Gasteiger partial charge in [0, 0.05) is 26.7 Å². The number of rotatable bonds is 2. The summed E-state index contributed by atoms with van der Waals surface area (Å²) in [4.78, 5) is 0. The van der Waals surface area contributed by atoms with Gasteiger partial charge in [0.05, 0.1) is 0 Å². The van der Waals surface area contributed by atoms with Crippen molar-refractivity contribution >= 4 is 0 Å². The third-order valence-corrected chi connectivity index (χ3v) is 1.65. The minimum Gasteiger partial charge on any atom is -0.243 e. The van der Waals surface area contributed by atoms with E-state index in [1.54, 1.807) is 0 Å². The largest absolute Gasteiger partial charge is 0.243 e. The molecule has 0 aromatic carbocycles. The van der Waals surface area contributed by atoms with Crippen LogP contribution in [0.1, 0.15) is 13.3 Å². The molecule has 1 rings (SSSR count). The molecule has 1 fully saturated rings. The maximum Gasteiger partial charge on any atom is 0.0275 e. The van der Waals surface area contributed by atoms with E-state index in [2.05, 4.69) is 24.0 Å². The first-order valence-electron chi connectivity index (χ1n) is 3.30. The summed E-state index contributed by atoms with van der Waals surface area (Å²) in [6.45, 7) is 5.97. The second-order valence-electron chi connectivity index (χ2n) is 2.33. The Kier molecular flexibility index (Phi) is 1.86. The van der Waals surface area contributed by atoms with Crippen molar-refractivity contribution < 1.29 is 0 Å². The first kappa shape index (κ1) is 6.05.